The lowest BCUT2D eigenvalue weighted by atomic mass is 9.92. The number of nitrogens with one attached hydrogen (secondary N) is 1. The van der Waals surface area contributed by atoms with Crippen LogP contribution in [0, 0.1) is 0 Å². The fourth-order valence-electron chi connectivity index (χ4n) is 4.64. The van der Waals surface area contributed by atoms with E-state index in [1.807, 2.05) is 35.2 Å². The maximum atomic E-state index is 13.2. The number of nitrogens with zero attached hydrogens (tertiary/aromatic N) is 2. The van der Waals surface area contributed by atoms with Crippen molar-refractivity contribution in [1.29, 1.82) is 0 Å². The number of carbonyl (C=O) groups is 1. The number of amides is 1. The first-order valence-electron chi connectivity index (χ1n) is 9.93. The third kappa shape index (κ3) is 2.98. The monoisotopic (exact) mass is 397 g/mol. The zero-order valence-electron chi connectivity index (χ0n) is 15.8. The van der Waals surface area contributed by atoms with Gasteiger partial charge in [0.25, 0.3) is 5.91 Å². The predicted molar refractivity (Wildman–Crippen MR) is 110 cm³/mol. The van der Waals surface area contributed by atoms with Crippen LogP contribution in [-0.2, 0) is 16.9 Å². The molecule has 3 aliphatic rings. The van der Waals surface area contributed by atoms with Gasteiger partial charge in [-0.25, -0.2) is 0 Å². The minimum atomic E-state index is -0.362. The molecule has 0 bridgehead atoms. The maximum absolute atomic E-state index is 13.2. The Morgan fingerprint density at radius 3 is 2.75 bits per heavy atom. The van der Waals surface area contributed by atoms with E-state index in [1.165, 1.54) is 11.1 Å². The van der Waals surface area contributed by atoms with E-state index >= 15 is 0 Å². The molecule has 1 amide bonds. The van der Waals surface area contributed by atoms with Crippen LogP contribution in [0.5, 0.6) is 0 Å². The van der Waals surface area contributed by atoms with Gasteiger partial charge in [0.15, 0.2) is 0 Å². The fourth-order valence-corrected chi connectivity index (χ4v) is 4.90. The third-order valence-corrected chi connectivity index (χ3v) is 6.51. The molecule has 146 valence electrons. The zero-order valence-corrected chi connectivity index (χ0v) is 16.5. The van der Waals surface area contributed by atoms with Crippen molar-refractivity contribution < 1.29 is 9.53 Å². The summed E-state index contributed by atoms with van der Waals surface area (Å²) in [5.74, 6) is -0.0123. The van der Waals surface area contributed by atoms with Crippen LogP contribution in [0.2, 0.25) is 5.02 Å². The molecule has 2 fully saturated rings. The Balaban J connectivity index is 1.35. The first-order valence-corrected chi connectivity index (χ1v) is 10.3. The number of piperazine rings is 1. The van der Waals surface area contributed by atoms with E-state index < -0.39 is 0 Å². The van der Waals surface area contributed by atoms with E-state index in [0.717, 1.165) is 38.3 Å². The van der Waals surface area contributed by atoms with Gasteiger partial charge in [-0.1, -0.05) is 35.9 Å². The van der Waals surface area contributed by atoms with Crippen LogP contribution in [0.3, 0.4) is 0 Å². The minimum absolute atomic E-state index is 0.0123. The highest BCUT2D eigenvalue weighted by Gasteiger charge is 2.46. The number of ether oxygens (including phenoxy) is 1. The van der Waals surface area contributed by atoms with E-state index in [4.69, 9.17) is 16.3 Å². The highest BCUT2D eigenvalue weighted by molar-refractivity contribution is 6.34. The van der Waals surface area contributed by atoms with Gasteiger partial charge in [-0.05, 0) is 35.7 Å². The Hall–Kier alpha value is -2.08. The fraction of sp³-hybridized carbons (Fsp3) is 0.409. The second kappa shape index (κ2) is 7.07. The van der Waals surface area contributed by atoms with Crippen LogP contribution in [0.4, 0.5) is 5.69 Å². The Labute approximate surface area is 170 Å². The van der Waals surface area contributed by atoms with Crippen LogP contribution in [0.25, 0.3) is 0 Å². The van der Waals surface area contributed by atoms with Crippen molar-refractivity contribution in [2.45, 2.75) is 18.6 Å². The van der Waals surface area contributed by atoms with Crippen molar-refractivity contribution >= 4 is 23.2 Å². The molecule has 6 heteroatoms. The van der Waals surface area contributed by atoms with Gasteiger partial charge in [-0.3, -0.25) is 4.79 Å². The molecule has 2 aromatic carbocycles. The van der Waals surface area contributed by atoms with E-state index in [0.29, 0.717) is 30.3 Å². The summed E-state index contributed by atoms with van der Waals surface area (Å²) in [6, 6.07) is 14.1. The molecule has 0 radical (unpaired) electrons. The molecule has 0 unspecified atom stereocenters. The number of halogens is 1. The Morgan fingerprint density at radius 1 is 1.11 bits per heavy atom. The van der Waals surface area contributed by atoms with E-state index in [9.17, 15) is 4.79 Å². The van der Waals surface area contributed by atoms with Crippen molar-refractivity contribution in [2.75, 3.05) is 44.2 Å². The molecule has 5 rings (SSSR count). The van der Waals surface area contributed by atoms with Gasteiger partial charge >= 0.3 is 0 Å². The smallest absolute Gasteiger partial charge is 0.255 e. The van der Waals surface area contributed by atoms with Crippen LogP contribution < -0.4 is 10.2 Å². The second-order valence-electron chi connectivity index (χ2n) is 7.82. The topological polar surface area (TPSA) is 44.8 Å². The third-order valence-electron chi connectivity index (χ3n) is 6.20. The van der Waals surface area contributed by atoms with Gasteiger partial charge in [0.05, 0.1) is 23.7 Å². The molecule has 0 aromatic heterocycles. The molecular formula is C22H24ClN3O2. The molecule has 1 atom stereocenters. The summed E-state index contributed by atoms with van der Waals surface area (Å²) < 4.78 is 6.18. The standard InChI is InChI=1S/C22H24ClN3O2/c23-20-13-17(25-11-8-24-9-12-25)5-6-18(20)21(27)26-10-7-22(15-26)19-4-2-1-3-16(19)14-28-22/h1-6,13,24H,7-12,14-15H2/t22-/m0/s1. The quantitative estimate of drug-likeness (QED) is 0.846. The first kappa shape index (κ1) is 18.0. The van der Waals surface area contributed by atoms with E-state index in [-0.39, 0.29) is 11.5 Å². The average Bonchev–Trinajstić information content (AvgIpc) is 3.34. The first-order chi connectivity index (χ1) is 13.7. The number of carbonyl (C=O) groups excluding carboxylic acids is 1. The summed E-state index contributed by atoms with van der Waals surface area (Å²) in [5.41, 5.74) is 3.75. The number of rotatable bonds is 2. The van der Waals surface area contributed by atoms with Gasteiger partial charge in [0, 0.05) is 38.4 Å². The number of hydrogen-bond acceptors (Lipinski definition) is 4. The van der Waals surface area contributed by atoms with Crippen LogP contribution in [0.1, 0.15) is 27.9 Å². The van der Waals surface area contributed by atoms with E-state index in [2.05, 4.69) is 22.3 Å². The molecule has 2 aromatic rings. The number of anilines is 1. The normalized spacial score (nSPS) is 24.0. The number of likely N-dealkylation sites (tertiary alicyclic amines) is 1. The Morgan fingerprint density at radius 2 is 1.93 bits per heavy atom. The van der Waals surface area contributed by atoms with Crippen molar-refractivity contribution in [3.8, 4) is 0 Å². The molecule has 3 aliphatic heterocycles. The van der Waals surface area contributed by atoms with Crippen molar-refractivity contribution in [3.05, 3.63) is 64.2 Å². The molecule has 28 heavy (non-hydrogen) atoms. The van der Waals surface area contributed by atoms with Crippen molar-refractivity contribution in [1.82, 2.24) is 10.2 Å². The molecule has 2 saturated heterocycles. The molecular weight excluding hydrogens is 374 g/mol. The number of fused-ring (bicyclic) bond motifs is 2. The highest BCUT2D eigenvalue weighted by Crippen LogP contribution is 2.43. The average molecular weight is 398 g/mol. The van der Waals surface area contributed by atoms with Gasteiger partial charge in [-0.15, -0.1) is 0 Å². The SMILES string of the molecule is O=C(c1ccc(N2CCNCC2)cc1Cl)N1CC[C@@]2(C1)OCc1ccccc12. The van der Waals surface area contributed by atoms with E-state index in [1.54, 1.807) is 0 Å². The molecule has 1 N–H and O–H groups in total. The summed E-state index contributed by atoms with van der Waals surface area (Å²) >= 11 is 6.53. The van der Waals surface area contributed by atoms with Crippen molar-refractivity contribution in [2.24, 2.45) is 0 Å². The Kier molecular flexibility index (Phi) is 4.54. The molecule has 5 nitrogen and oxygen atoms in total. The lowest BCUT2D eigenvalue weighted by molar-refractivity contribution is -0.0282. The van der Waals surface area contributed by atoms with Gasteiger partial charge in [-0.2, -0.15) is 0 Å². The summed E-state index contributed by atoms with van der Waals surface area (Å²) in [4.78, 5) is 17.3. The molecule has 3 heterocycles. The van der Waals surface area contributed by atoms with Crippen LogP contribution in [-0.4, -0.2) is 50.1 Å². The molecule has 1 spiro atoms. The minimum Gasteiger partial charge on any atom is -0.369 e. The molecule has 0 saturated carbocycles. The predicted octanol–water partition coefficient (Wildman–Crippen LogP) is 3.02. The molecule has 0 aliphatic carbocycles. The van der Waals surface area contributed by atoms with Gasteiger partial charge < -0.3 is 19.9 Å². The lowest BCUT2D eigenvalue weighted by Crippen LogP contribution is -2.43. The summed E-state index contributed by atoms with van der Waals surface area (Å²) in [5, 5.41) is 3.87. The Bertz CT molecular complexity index is 912. The number of benzene rings is 2. The van der Waals surface area contributed by atoms with Crippen LogP contribution in [0.15, 0.2) is 42.5 Å². The second-order valence-corrected chi connectivity index (χ2v) is 8.23. The lowest BCUT2D eigenvalue weighted by Gasteiger charge is -2.30. The summed E-state index contributed by atoms with van der Waals surface area (Å²) in [6.45, 7) is 5.73. The van der Waals surface area contributed by atoms with Gasteiger partial charge in [0.1, 0.15) is 5.60 Å². The van der Waals surface area contributed by atoms with Crippen molar-refractivity contribution in [3.63, 3.8) is 0 Å². The highest BCUT2D eigenvalue weighted by atomic mass is 35.5. The zero-order chi connectivity index (χ0) is 19.1. The van der Waals surface area contributed by atoms with Crippen LogP contribution >= 0.6 is 11.6 Å². The largest absolute Gasteiger partial charge is 0.369 e. The van der Waals surface area contributed by atoms with Gasteiger partial charge in [0.2, 0.25) is 0 Å². The summed E-state index contributed by atoms with van der Waals surface area (Å²) in [6.07, 6.45) is 0.826. The summed E-state index contributed by atoms with van der Waals surface area (Å²) in [7, 11) is 0. The number of hydrogen-bond donors (Lipinski definition) is 1. The maximum Gasteiger partial charge on any atom is 0.255 e.